The third-order valence-electron chi connectivity index (χ3n) is 4.80. The second-order valence-corrected chi connectivity index (χ2v) is 6.55. The molecule has 4 heteroatoms. The molecule has 2 aromatic carbocycles. The zero-order valence-electron chi connectivity index (χ0n) is 14.7. The molecule has 0 aromatic heterocycles. The summed E-state index contributed by atoms with van der Waals surface area (Å²) in [6.45, 7) is 2.38. The van der Waals surface area contributed by atoms with E-state index in [2.05, 4.69) is 22.5 Å². The number of ether oxygens (including phenoxy) is 1. The quantitative estimate of drug-likeness (QED) is 0.813. The van der Waals surface area contributed by atoms with Gasteiger partial charge in [-0.1, -0.05) is 36.4 Å². The van der Waals surface area contributed by atoms with Gasteiger partial charge in [0, 0.05) is 11.8 Å². The summed E-state index contributed by atoms with van der Waals surface area (Å²) in [5.41, 5.74) is 3.12. The molecule has 2 aromatic rings. The molecule has 1 amide bonds. The van der Waals surface area contributed by atoms with E-state index in [0.717, 1.165) is 59.8 Å². The fourth-order valence-electron chi connectivity index (χ4n) is 3.57. The maximum atomic E-state index is 12.5. The number of benzene rings is 2. The molecule has 2 aliphatic heterocycles. The topological polar surface area (TPSA) is 50.7 Å². The molecule has 0 spiro atoms. The third-order valence-corrected chi connectivity index (χ3v) is 4.80. The zero-order valence-corrected chi connectivity index (χ0v) is 14.7. The zero-order chi connectivity index (χ0) is 17.8. The first kappa shape index (κ1) is 16.7. The fraction of sp³-hybridized carbons (Fsp3) is 0.273. The van der Waals surface area contributed by atoms with E-state index >= 15 is 0 Å². The second-order valence-electron chi connectivity index (χ2n) is 6.55. The molecular formula is C22H22N2O2. The third kappa shape index (κ3) is 3.46. The highest BCUT2D eigenvalue weighted by atomic mass is 16.5. The van der Waals surface area contributed by atoms with Gasteiger partial charge in [-0.15, -0.1) is 0 Å². The van der Waals surface area contributed by atoms with Gasteiger partial charge in [0.1, 0.15) is 5.75 Å². The highest BCUT2D eigenvalue weighted by molar-refractivity contribution is 6.21. The minimum absolute atomic E-state index is 0.0962. The molecule has 0 fully saturated rings. The lowest BCUT2D eigenvalue weighted by Gasteiger charge is -2.14. The van der Waals surface area contributed by atoms with Crippen LogP contribution in [0, 0.1) is 0 Å². The minimum atomic E-state index is -0.0962. The van der Waals surface area contributed by atoms with Crippen molar-refractivity contribution in [2.45, 2.75) is 19.3 Å². The van der Waals surface area contributed by atoms with E-state index in [0.29, 0.717) is 6.61 Å². The molecule has 4 nitrogen and oxygen atoms in total. The number of nitrogens with one attached hydrogen (secondary N) is 1. The van der Waals surface area contributed by atoms with Crippen molar-refractivity contribution in [1.29, 1.82) is 0 Å². The summed E-state index contributed by atoms with van der Waals surface area (Å²) in [6, 6.07) is 15.9. The van der Waals surface area contributed by atoms with Gasteiger partial charge in [0.2, 0.25) is 0 Å². The van der Waals surface area contributed by atoms with Crippen LogP contribution in [0.5, 0.6) is 5.75 Å². The largest absolute Gasteiger partial charge is 0.494 e. The van der Waals surface area contributed by atoms with E-state index < -0.39 is 0 Å². The SMILES string of the molecule is O=C1N=c2cccc(CCCOc3ccccc3)c2=C1C1=CCNCC1. The van der Waals surface area contributed by atoms with Gasteiger partial charge in [-0.05, 0) is 55.1 Å². The summed E-state index contributed by atoms with van der Waals surface area (Å²) in [5, 5.41) is 5.14. The lowest BCUT2D eigenvalue weighted by atomic mass is 9.95. The van der Waals surface area contributed by atoms with Gasteiger partial charge in [-0.2, -0.15) is 0 Å². The van der Waals surface area contributed by atoms with Crippen molar-refractivity contribution in [3.05, 3.63) is 76.3 Å². The van der Waals surface area contributed by atoms with Crippen LogP contribution in [0.1, 0.15) is 18.4 Å². The molecular weight excluding hydrogens is 324 g/mol. The number of carbonyl (C=O) groups is 1. The number of hydrogen-bond acceptors (Lipinski definition) is 3. The first-order valence-electron chi connectivity index (χ1n) is 9.16. The molecule has 132 valence electrons. The van der Waals surface area contributed by atoms with E-state index in [1.807, 2.05) is 42.5 Å². The Morgan fingerprint density at radius 3 is 2.77 bits per heavy atom. The Bertz CT molecular complexity index is 961. The molecule has 0 radical (unpaired) electrons. The molecule has 26 heavy (non-hydrogen) atoms. The number of rotatable bonds is 6. The van der Waals surface area contributed by atoms with Crippen molar-refractivity contribution in [2.75, 3.05) is 19.7 Å². The first-order chi connectivity index (χ1) is 12.8. The number of fused-ring (bicyclic) bond motifs is 1. The van der Waals surface area contributed by atoms with Gasteiger partial charge in [0.25, 0.3) is 5.91 Å². The number of amides is 1. The fourth-order valence-corrected chi connectivity index (χ4v) is 3.57. The highest BCUT2D eigenvalue weighted by Gasteiger charge is 2.22. The van der Waals surface area contributed by atoms with Gasteiger partial charge >= 0.3 is 0 Å². The van der Waals surface area contributed by atoms with Crippen molar-refractivity contribution >= 4 is 11.5 Å². The Morgan fingerprint density at radius 2 is 1.96 bits per heavy atom. The summed E-state index contributed by atoms with van der Waals surface area (Å²) in [6.07, 6.45) is 4.76. The van der Waals surface area contributed by atoms with Crippen molar-refractivity contribution in [3.63, 3.8) is 0 Å². The number of hydrogen-bond donors (Lipinski definition) is 1. The number of carbonyl (C=O) groups excluding carboxylic acids is 1. The Morgan fingerprint density at radius 1 is 1.08 bits per heavy atom. The maximum absolute atomic E-state index is 12.5. The van der Waals surface area contributed by atoms with Crippen LogP contribution in [0.2, 0.25) is 0 Å². The van der Waals surface area contributed by atoms with Crippen LogP contribution in [-0.4, -0.2) is 25.6 Å². The average molecular weight is 346 g/mol. The van der Waals surface area contributed by atoms with E-state index in [-0.39, 0.29) is 5.91 Å². The van der Waals surface area contributed by atoms with Crippen molar-refractivity contribution in [2.24, 2.45) is 4.99 Å². The smallest absolute Gasteiger partial charge is 0.278 e. The van der Waals surface area contributed by atoms with Crippen LogP contribution in [0.4, 0.5) is 0 Å². The predicted octanol–water partition coefficient (Wildman–Crippen LogP) is 1.93. The minimum Gasteiger partial charge on any atom is -0.494 e. The van der Waals surface area contributed by atoms with Crippen LogP contribution >= 0.6 is 0 Å². The average Bonchev–Trinajstić information content (AvgIpc) is 3.03. The molecule has 0 unspecified atom stereocenters. The molecule has 0 bridgehead atoms. The van der Waals surface area contributed by atoms with E-state index in [1.165, 1.54) is 5.56 Å². The van der Waals surface area contributed by atoms with Gasteiger partial charge in [0.15, 0.2) is 0 Å². The maximum Gasteiger partial charge on any atom is 0.278 e. The Kier molecular flexibility index (Phi) is 4.93. The molecule has 0 atom stereocenters. The molecule has 2 heterocycles. The predicted molar refractivity (Wildman–Crippen MR) is 101 cm³/mol. The molecule has 2 aliphatic rings. The molecule has 0 saturated carbocycles. The van der Waals surface area contributed by atoms with E-state index in [4.69, 9.17) is 4.74 Å². The van der Waals surface area contributed by atoms with E-state index in [9.17, 15) is 4.79 Å². The summed E-state index contributed by atoms with van der Waals surface area (Å²) in [5.74, 6) is 0.796. The summed E-state index contributed by atoms with van der Waals surface area (Å²) < 4.78 is 5.79. The van der Waals surface area contributed by atoms with Crippen LogP contribution in [-0.2, 0) is 11.2 Å². The molecule has 1 N–H and O–H groups in total. The summed E-state index contributed by atoms with van der Waals surface area (Å²) in [7, 11) is 0. The van der Waals surface area contributed by atoms with Crippen LogP contribution in [0.25, 0.3) is 5.57 Å². The van der Waals surface area contributed by atoms with Crippen LogP contribution in [0.15, 0.2) is 65.2 Å². The lowest BCUT2D eigenvalue weighted by Crippen LogP contribution is -2.30. The van der Waals surface area contributed by atoms with Gasteiger partial charge in [0.05, 0.1) is 17.5 Å². The normalized spacial score (nSPS) is 16.1. The number of aryl methyl sites for hydroxylation is 1. The number of nitrogens with zero attached hydrogens (tertiary/aromatic N) is 1. The Hall–Kier alpha value is -2.72. The molecule has 0 aliphatic carbocycles. The van der Waals surface area contributed by atoms with Gasteiger partial charge in [-0.3, -0.25) is 4.79 Å². The van der Waals surface area contributed by atoms with Crippen molar-refractivity contribution < 1.29 is 9.53 Å². The summed E-state index contributed by atoms with van der Waals surface area (Å²) >= 11 is 0. The molecule has 4 rings (SSSR count). The van der Waals surface area contributed by atoms with Crippen LogP contribution in [0.3, 0.4) is 0 Å². The molecule has 0 saturated heterocycles. The number of para-hydroxylation sites is 1. The second kappa shape index (κ2) is 7.67. The van der Waals surface area contributed by atoms with Crippen molar-refractivity contribution in [1.82, 2.24) is 5.32 Å². The monoisotopic (exact) mass is 346 g/mol. The van der Waals surface area contributed by atoms with E-state index in [1.54, 1.807) is 0 Å². The Balaban J connectivity index is 1.56. The lowest BCUT2D eigenvalue weighted by molar-refractivity contribution is -0.112. The summed E-state index contributed by atoms with van der Waals surface area (Å²) in [4.78, 5) is 16.8. The standard InChI is InChI=1S/C22H22N2O2/c25-22-21(17-11-13-23-14-12-17)20-16(6-4-10-19(20)24-22)7-5-15-26-18-8-2-1-3-9-18/h1-4,6,8-11,23H,5,7,12-15H2. The Labute approximate surface area is 152 Å². The van der Waals surface area contributed by atoms with Gasteiger partial charge in [-0.25, -0.2) is 4.99 Å². The van der Waals surface area contributed by atoms with Gasteiger partial charge < -0.3 is 10.1 Å². The van der Waals surface area contributed by atoms with Crippen LogP contribution < -0.4 is 20.6 Å². The highest BCUT2D eigenvalue weighted by Crippen LogP contribution is 2.19. The van der Waals surface area contributed by atoms with Crippen molar-refractivity contribution in [3.8, 4) is 5.75 Å². The first-order valence-corrected chi connectivity index (χ1v) is 9.16.